The Hall–Kier alpha value is -0.940. The van der Waals surface area contributed by atoms with Gasteiger partial charge in [0.1, 0.15) is 12.2 Å². The third-order valence-corrected chi connectivity index (χ3v) is 3.47. The van der Waals surface area contributed by atoms with Gasteiger partial charge in [-0.05, 0) is 32.6 Å². The number of nitrogens with zero attached hydrogens (tertiary/aromatic N) is 3. The first-order valence-corrected chi connectivity index (χ1v) is 6.07. The molecule has 0 aromatic carbocycles. The minimum Gasteiger partial charge on any atom is -0.271 e. The second-order valence-corrected chi connectivity index (χ2v) is 4.88. The minimum absolute atomic E-state index is 0.343. The predicted molar refractivity (Wildman–Crippen MR) is 62.6 cm³/mol. The van der Waals surface area contributed by atoms with E-state index < -0.39 is 0 Å². The lowest BCUT2D eigenvalue weighted by Crippen LogP contribution is -2.45. The monoisotopic (exact) mass is 223 g/mol. The van der Waals surface area contributed by atoms with Crippen molar-refractivity contribution in [3.63, 3.8) is 0 Å². The summed E-state index contributed by atoms with van der Waals surface area (Å²) in [6, 6.07) is 0.702. The number of hydrogen-bond acceptors (Lipinski definition) is 4. The molecular formula is C11H21N5. The summed E-state index contributed by atoms with van der Waals surface area (Å²) >= 11 is 0. The molecule has 90 valence electrons. The summed E-state index contributed by atoms with van der Waals surface area (Å²) in [6.45, 7) is 4.23. The summed E-state index contributed by atoms with van der Waals surface area (Å²) in [6.07, 6.45) is 6.40. The number of nitrogens with two attached hydrogens (primary N) is 1. The van der Waals surface area contributed by atoms with Crippen LogP contribution in [0.3, 0.4) is 0 Å². The van der Waals surface area contributed by atoms with Gasteiger partial charge in [-0.1, -0.05) is 6.42 Å². The Labute approximate surface area is 96.4 Å². The highest BCUT2D eigenvalue weighted by Gasteiger charge is 2.27. The molecule has 1 heterocycles. The topological polar surface area (TPSA) is 68.8 Å². The van der Waals surface area contributed by atoms with Crippen molar-refractivity contribution in [2.45, 2.75) is 51.6 Å². The van der Waals surface area contributed by atoms with Crippen LogP contribution in [0.1, 0.15) is 45.0 Å². The zero-order valence-electron chi connectivity index (χ0n) is 10.1. The number of hydrogen-bond donors (Lipinski definition) is 2. The molecular weight excluding hydrogens is 202 g/mol. The summed E-state index contributed by atoms with van der Waals surface area (Å²) in [5.74, 6) is 7.36. The van der Waals surface area contributed by atoms with Gasteiger partial charge in [0, 0.05) is 18.5 Å². The van der Waals surface area contributed by atoms with E-state index >= 15 is 0 Å². The Morgan fingerprint density at radius 2 is 2.31 bits per heavy atom. The van der Waals surface area contributed by atoms with Gasteiger partial charge in [0.05, 0.1) is 0 Å². The fourth-order valence-corrected chi connectivity index (χ4v) is 2.25. The lowest BCUT2D eigenvalue weighted by Gasteiger charge is -2.33. The second kappa shape index (κ2) is 4.93. The van der Waals surface area contributed by atoms with Crippen LogP contribution in [-0.2, 0) is 6.42 Å². The van der Waals surface area contributed by atoms with Gasteiger partial charge in [-0.15, -0.1) is 0 Å². The summed E-state index contributed by atoms with van der Waals surface area (Å²) in [4.78, 5) is 4.32. The first kappa shape index (κ1) is 11.5. The van der Waals surface area contributed by atoms with Crippen molar-refractivity contribution >= 4 is 0 Å². The van der Waals surface area contributed by atoms with Crippen molar-refractivity contribution in [3.8, 4) is 0 Å². The molecule has 5 nitrogen and oxygen atoms in total. The molecule has 1 aliphatic rings. The fraction of sp³-hybridized carbons (Fsp3) is 0.818. The smallest absolute Gasteiger partial charge is 0.138 e. The standard InChI is InChI=1S/C11H21N5/c1-8(2)16-11(13-7-14-16)6-10(15-12)9-4-3-5-9/h7-10,15H,3-6,12H2,1-2H3. The summed E-state index contributed by atoms with van der Waals surface area (Å²) in [5, 5.41) is 4.24. The lowest BCUT2D eigenvalue weighted by atomic mass is 9.79. The van der Waals surface area contributed by atoms with Crippen LogP contribution in [0.25, 0.3) is 0 Å². The third kappa shape index (κ3) is 2.25. The van der Waals surface area contributed by atoms with E-state index in [1.165, 1.54) is 19.3 Å². The van der Waals surface area contributed by atoms with Crippen molar-refractivity contribution in [3.05, 3.63) is 12.2 Å². The van der Waals surface area contributed by atoms with Crippen molar-refractivity contribution in [1.82, 2.24) is 20.2 Å². The zero-order valence-corrected chi connectivity index (χ0v) is 10.1. The number of rotatable bonds is 5. The normalized spacial score (nSPS) is 18.8. The molecule has 1 aromatic rings. The summed E-state index contributed by atoms with van der Waals surface area (Å²) in [7, 11) is 0. The molecule has 5 heteroatoms. The fourth-order valence-electron chi connectivity index (χ4n) is 2.25. The van der Waals surface area contributed by atoms with E-state index in [2.05, 4.69) is 29.4 Å². The van der Waals surface area contributed by atoms with Gasteiger partial charge in [0.2, 0.25) is 0 Å². The van der Waals surface area contributed by atoms with Crippen molar-refractivity contribution in [2.24, 2.45) is 11.8 Å². The van der Waals surface area contributed by atoms with Gasteiger partial charge >= 0.3 is 0 Å². The van der Waals surface area contributed by atoms with Crippen LogP contribution in [0.2, 0.25) is 0 Å². The van der Waals surface area contributed by atoms with Gasteiger partial charge in [0.15, 0.2) is 0 Å². The van der Waals surface area contributed by atoms with Gasteiger partial charge in [-0.2, -0.15) is 5.10 Å². The molecule has 1 atom stereocenters. The number of nitrogens with one attached hydrogen (secondary N) is 1. The Kier molecular flexibility index (Phi) is 3.56. The van der Waals surface area contributed by atoms with Gasteiger partial charge < -0.3 is 0 Å². The van der Waals surface area contributed by atoms with Crippen LogP contribution >= 0.6 is 0 Å². The first-order valence-electron chi connectivity index (χ1n) is 6.07. The van der Waals surface area contributed by atoms with E-state index in [1.54, 1.807) is 6.33 Å². The Morgan fingerprint density at radius 3 is 2.81 bits per heavy atom. The minimum atomic E-state index is 0.343. The molecule has 0 spiro atoms. The highest BCUT2D eigenvalue weighted by atomic mass is 15.3. The van der Waals surface area contributed by atoms with Crippen LogP contribution in [0.4, 0.5) is 0 Å². The summed E-state index contributed by atoms with van der Waals surface area (Å²) < 4.78 is 1.98. The van der Waals surface area contributed by atoms with E-state index in [0.717, 1.165) is 12.2 Å². The van der Waals surface area contributed by atoms with Crippen molar-refractivity contribution < 1.29 is 0 Å². The highest BCUT2D eigenvalue weighted by molar-refractivity contribution is 4.94. The van der Waals surface area contributed by atoms with E-state index in [9.17, 15) is 0 Å². The molecule has 2 rings (SSSR count). The third-order valence-electron chi connectivity index (χ3n) is 3.47. The largest absolute Gasteiger partial charge is 0.271 e. The van der Waals surface area contributed by atoms with Gasteiger partial charge in [-0.3, -0.25) is 11.3 Å². The first-order chi connectivity index (χ1) is 7.72. The zero-order chi connectivity index (χ0) is 11.5. The molecule has 1 unspecified atom stereocenters. The van der Waals surface area contributed by atoms with E-state index in [1.807, 2.05) is 4.68 Å². The maximum Gasteiger partial charge on any atom is 0.138 e. The molecule has 0 bridgehead atoms. The molecule has 0 radical (unpaired) electrons. The quantitative estimate of drug-likeness (QED) is 0.578. The van der Waals surface area contributed by atoms with Crippen LogP contribution in [0, 0.1) is 5.92 Å². The average Bonchev–Trinajstić information content (AvgIpc) is 2.62. The molecule has 1 fully saturated rings. The molecule has 0 aliphatic heterocycles. The molecule has 1 saturated carbocycles. The maximum atomic E-state index is 5.62. The highest BCUT2D eigenvalue weighted by Crippen LogP contribution is 2.30. The van der Waals surface area contributed by atoms with Crippen LogP contribution in [0.5, 0.6) is 0 Å². The van der Waals surface area contributed by atoms with Gasteiger partial charge in [0.25, 0.3) is 0 Å². The Morgan fingerprint density at radius 1 is 1.56 bits per heavy atom. The van der Waals surface area contributed by atoms with Crippen molar-refractivity contribution in [1.29, 1.82) is 0 Å². The van der Waals surface area contributed by atoms with Crippen molar-refractivity contribution in [2.75, 3.05) is 0 Å². The molecule has 0 saturated heterocycles. The SMILES string of the molecule is CC(C)n1ncnc1CC(NN)C1CCC1. The predicted octanol–water partition coefficient (Wildman–Crippen LogP) is 1.03. The van der Waals surface area contributed by atoms with Crippen LogP contribution < -0.4 is 11.3 Å². The Balaban J connectivity index is 2.03. The molecule has 16 heavy (non-hydrogen) atoms. The lowest BCUT2D eigenvalue weighted by molar-refractivity contribution is 0.224. The van der Waals surface area contributed by atoms with Crippen LogP contribution in [-0.4, -0.2) is 20.8 Å². The summed E-state index contributed by atoms with van der Waals surface area (Å²) in [5.41, 5.74) is 2.93. The van der Waals surface area contributed by atoms with Crippen LogP contribution in [0.15, 0.2) is 6.33 Å². The van der Waals surface area contributed by atoms with E-state index in [-0.39, 0.29) is 0 Å². The second-order valence-electron chi connectivity index (χ2n) is 4.88. The van der Waals surface area contributed by atoms with E-state index in [0.29, 0.717) is 18.0 Å². The average molecular weight is 223 g/mol. The Bertz CT molecular complexity index is 329. The molecule has 0 amide bonds. The maximum absolute atomic E-state index is 5.62. The van der Waals surface area contributed by atoms with Gasteiger partial charge in [-0.25, -0.2) is 9.67 Å². The number of hydrazine groups is 1. The van der Waals surface area contributed by atoms with E-state index in [4.69, 9.17) is 5.84 Å². The molecule has 3 N–H and O–H groups in total. The molecule has 1 aliphatic carbocycles. The molecule has 1 aromatic heterocycles. The number of aromatic nitrogens is 3.